The number of carbonyl (C=O) groups excluding carboxylic acids is 2. The van der Waals surface area contributed by atoms with E-state index >= 15 is 0 Å². The van der Waals surface area contributed by atoms with Gasteiger partial charge in [0, 0.05) is 5.57 Å². The van der Waals surface area contributed by atoms with Crippen LogP contribution in [0.15, 0.2) is 65.3 Å². The summed E-state index contributed by atoms with van der Waals surface area (Å²) in [4.78, 5) is 27.3. The Morgan fingerprint density at radius 2 is 1.76 bits per heavy atom. The summed E-state index contributed by atoms with van der Waals surface area (Å²) in [5.41, 5.74) is 2.17. The third-order valence-corrected chi connectivity index (χ3v) is 5.76. The molecule has 0 bridgehead atoms. The van der Waals surface area contributed by atoms with Crippen LogP contribution in [-0.4, -0.2) is 30.4 Å². The van der Waals surface area contributed by atoms with Crippen molar-refractivity contribution < 1.29 is 19.1 Å². The van der Waals surface area contributed by atoms with E-state index in [0.29, 0.717) is 34.8 Å². The zero-order valence-electron chi connectivity index (χ0n) is 20.0. The molecule has 6 heteroatoms. The van der Waals surface area contributed by atoms with Crippen molar-refractivity contribution in [3.05, 3.63) is 76.4 Å². The van der Waals surface area contributed by atoms with Crippen molar-refractivity contribution >= 4 is 17.9 Å². The van der Waals surface area contributed by atoms with Crippen LogP contribution in [0.5, 0.6) is 11.5 Å². The van der Waals surface area contributed by atoms with Gasteiger partial charge in [-0.2, -0.15) is 5.26 Å². The normalized spacial score (nSPS) is 15.0. The highest BCUT2D eigenvalue weighted by Crippen LogP contribution is 2.32. The average Bonchev–Trinajstić information content (AvgIpc) is 2.85. The summed E-state index contributed by atoms with van der Waals surface area (Å²) in [6.45, 7) is 4.51. The molecule has 1 aliphatic rings. The molecule has 0 unspecified atom stereocenters. The Bertz CT molecular complexity index is 1140. The van der Waals surface area contributed by atoms with Crippen LogP contribution in [0.2, 0.25) is 0 Å². The van der Waals surface area contributed by atoms with E-state index < -0.39 is 11.8 Å². The number of methoxy groups -OCH3 is 1. The quantitative estimate of drug-likeness (QED) is 0.269. The molecule has 0 saturated heterocycles. The highest BCUT2D eigenvalue weighted by atomic mass is 16.5. The van der Waals surface area contributed by atoms with Gasteiger partial charge in [-0.25, -0.2) is 0 Å². The summed E-state index contributed by atoms with van der Waals surface area (Å²) < 4.78 is 11.4. The van der Waals surface area contributed by atoms with Crippen molar-refractivity contribution in [1.29, 1.82) is 5.26 Å². The van der Waals surface area contributed by atoms with E-state index in [4.69, 9.17) is 9.47 Å². The lowest BCUT2D eigenvalue weighted by molar-refractivity contribution is -0.141. The van der Waals surface area contributed by atoms with Gasteiger partial charge in [0.1, 0.15) is 11.6 Å². The Morgan fingerprint density at radius 1 is 1.00 bits per heavy atom. The number of nitriles is 1. The first-order valence-electron chi connectivity index (χ1n) is 11.5. The molecule has 0 fully saturated rings. The average molecular weight is 459 g/mol. The van der Waals surface area contributed by atoms with Gasteiger partial charge in [-0.05, 0) is 48.3 Å². The number of ether oxygens (including phenoxy) is 2. The standard InChI is InChI=1S/C28H30N2O4/c1-4-5-6-10-15-34-25-14-13-22(17-26(25)33-3)16-23-20(2)24(18-29)28(32)30(27(23)31)19-21-11-8-7-9-12-21/h7-9,11-14,16-17H,4-6,10,15,19H2,1-3H3/b23-16+. The van der Waals surface area contributed by atoms with E-state index in [1.807, 2.05) is 48.5 Å². The van der Waals surface area contributed by atoms with Gasteiger partial charge in [-0.15, -0.1) is 0 Å². The second-order valence-corrected chi connectivity index (χ2v) is 8.17. The summed E-state index contributed by atoms with van der Waals surface area (Å²) in [7, 11) is 1.57. The molecule has 0 radical (unpaired) electrons. The SMILES string of the molecule is CCCCCCOc1ccc(/C=C2/C(=O)N(Cc3ccccc3)C(=O)C(C#N)=C2C)cc1OC. The van der Waals surface area contributed by atoms with Gasteiger partial charge >= 0.3 is 0 Å². The number of rotatable bonds is 10. The number of hydrogen-bond donors (Lipinski definition) is 0. The molecule has 0 spiro atoms. The van der Waals surface area contributed by atoms with Crippen molar-refractivity contribution in [1.82, 2.24) is 4.90 Å². The molecular weight excluding hydrogens is 428 g/mol. The second kappa shape index (κ2) is 11.9. The van der Waals surface area contributed by atoms with Crippen molar-refractivity contribution in [2.24, 2.45) is 0 Å². The monoisotopic (exact) mass is 458 g/mol. The predicted octanol–water partition coefficient (Wildman–Crippen LogP) is 5.45. The van der Waals surface area contributed by atoms with Crippen molar-refractivity contribution in [2.45, 2.75) is 46.1 Å². The molecule has 176 valence electrons. The molecule has 2 aromatic carbocycles. The number of nitrogens with zero attached hydrogens (tertiary/aromatic N) is 2. The third kappa shape index (κ3) is 5.74. The molecule has 2 aromatic rings. The van der Waals surface area contributed by atoms with Crippen LogP contribution in [-0.2, 0) is 16.1 Å². The summed E-state index contributed by atoms with van der Waals surface area (Å²) in [6, 6.07) is 16.7. The number of hydrogen-bond acceptors (Lipinski definition) is 5. The van der Waals surface area contributed by atoms with Gasteiger partial charge in [0.25, 0.3) is 11.8 Å². The fourth-order valence-electron chi connectivity index (χ4n) is 3.81. The highest BCUT2D eigenvalue weighted by Gasteiger charge is 2.35. The zero-order chi connectivity index (χ0) is 24.5. The van der Waals surface area contributed by atoms with E-state index in [0.717, 1.165) is 23.3 Å². The van der Waals surface area contributed by atoms with Gasteiger partial charge in [-0.3, -0.25) is 14.5 Å². The minimum atomic E-state index is -0.574. The minimum absolute atomic E-state index is 0.0271. The van der Waals surface area contributed by atoms with E-state index in [1.165, 1.54) is 12.8 Å². The van der Waals surface area contributed by atoms with Crippen LogP contribution in [0, 0.1) is 11.3 Å². The zero-order valence-corrected chi connectivity index (χ0v) is 20.0. The second-order valence-electron chi connectivity index (χ2n) is 8.17. The minimum Gasteiger partial charge on any atom is -0.493 e. The maximum absolute atomic E-state index is 13.3. The Kier molecular flexibility index (Phi) is 8.64. The molecule has 0 atom stereocenters. The first kappa shape index (κ1) is 24.8. The molecule has 2 amide bonds. The smallest absolute Gasteiger partial charge is 0.271 e. The van der Waals surface area contributed by atoms with Gasteiger partial charge in [0.15, 0.2) is 11.5 Å². The molecule has 6 nitrogen and oxygen atoms in total. The molecule has 0 N–H and O–H groups in total. The van der Waals surface area contributed by atoms with Crippen molar-refractivity contribution in [3.8, 4) is 17.6 Å². The van der Waals surface area contributed by atoms with Crippen LogP contribution < -0.4 is 9.47 Å². The van der Waals surface area contributed by atoms with Crippen LogP contribution in [0.25, 0.3) is 6.08 Å². The first-order valence-corrected chi connectivity index (χ1v) is 11.5. The Morgan fingerprint density at radius 3 is 2.44 bits per heavy atom. The molecule has 0 aromatic heterocycles. The van der Waals surface area contributed by atoms with Crippen LogP contribution in [0.3, 0.4) is 0 Å². The molecule has 34 heavy (non-hydrogen) atoms. The van der Waals surface area contributed by atoms with Crippen LogP contribution in [0.1, 0.15) is 50.7 Å². The summed E-state index contributed by atoms with van der Waals surface area (Å²) >= 11 is 0. The number of imide groups is 1. The highest BCUT2D eigenvalue weighted by molar-refractivity contribution is 6.19. The lowest BCUT2D eigenvalue weighted by Gasteiger charge is -2.27. The van der Waals surface area contributed by atoms with Crippen molar-refractivity contribution in [2.75, 3.05) is 13.7 Å². The van der Waals surface area contributed by atoms with E-state index in [2.05, 4.69) is 6.92 Å². The van der Waals surface area contributed by atoms with Gasteiger partial charge in [0.2, 0.25) is 0 Å². The summed E-state index contributed by atoms with van der Waals surface area (Å²) in [6.07, 6.45) is 6.14. The van der Waals surface area contributed by atoms with E-state index in [-0.39, 0.29) is 12.1 Å². The van der Waals surface area contributed by atoms with Crippen LogP contribution >= 0.6 is 0 Å². The van der Waals surface area contributed by atoms with Gasteiger partial charge < -0.3 is 9.47 Å². The van der Waals surface area contributed by atoms with E-state index in [9.17, 15) is 14.9 Å². The first-order chi connectivity index (χ1) is 16.5. The van der Waals surface area contributed by atoms with E-state index in [1.54, 1.807) is 26.2 Å². The summed E-state index contributed by atoms with van der Waals surface area (Å²) in [5.74, 6) is 0.199. The third-order valence-electron chi connectivity index (χ3n) is 5.76. The Balaban J connectivity index is 1.89. The fourth-order valence-corrected chi connectivity index (χ4v) is 3.81. The molecule has 0 saturated carbocycles. The maximum atomic E-state index is 13.3. The maximum Gasteiger partial charge on any atom is 0.271 e. The number of unbranched alkanes of at least 4 members (excludes halogenated alkanes) is 3. The lowest BCUT2D eigenvalue weighted by atomic mass is 9.93. The van der Waals surface area contributed by atoms with Crippen molar-refractivity contribution in [3.63, 3.8) is 0 Å². The topological polar surface area (TPSA) is 79.6 Å². The van der Waals surface area contributed by atoms with Crippen LogP contribution in [0.4, 0.5) is 0 Å². The lowest BCUT2D eigenvalue weighted by Crippen LogP contribution is -2.42. The molecule has 1 aliphatic heterocycles. The molecule has 0 aliphatic carbocycles. The Hall–Kier alpha value is -3.85. The number of carbonyl (C=O) groups is 2. The molecular formula is C28H30N2O4. The fraction of sp³-hybridized carbons (Fsp3) is 0.321. The molecule has 3 rings (SSSR count). The Labute approximate surface area is 201 Å². The number of amides is 2. The predicted molar refractivity (Wildman–Crippen MR) is 131 cm³/mol. The molecule has 1 heterocycles. The number of benzene rings is 2. The van der Waals surface area contributed by atoms with Gasteiger partial charge in [0.05, 0.1) is 20.3 Å². The van der Waals surface area contributed by atoms with Gasteiger partial charge in [-0.1, -0.05) is 62.6 Å². The summed E-state index contributed by atoms with van der Waals surface area (Å²) in [5, 5.41) is 9.61. The largest absolute Gasteiger partial charge is 0.493 e.